The van der Waals surface area contributed by atoms with Crippen LogP contribution in [0.25, 0.3) is 11.0 Å². The molecule has 0 N–H and O–H groups in total. The van der Waals surface area contributed by atoms with Crippen molar-refractivity contribution < 1.29 is 0 Å². The van der Waals surface area contributed by atoms with E-state index in [4.69, 9.17) is 0 Å². The van der Waals surface area contributed by atoms with Gasteiger partial charge in [-0.05, 0) is 19.4 Å². The van der Waals surface area contributed by atoms with Crippen LogP contribution >= 0.6 is 0 Å². The Morgan fingerprint density at radius 1 is 1.14 bits per heavy atom. The molecule has 1 atom stereocenters. The number of fused-ring (bicyclic) bond motifs is 1. The highest BCUT2D eigenvalue weighted by atomic mass is 15.3. The minimum absolute atomic E-state index is 0.226. The van der Waals surface area contributed by atoms with E-state index in [0.717, 1.165) is 16.9 Å². The van der Waals surface area contributed by atoms with E-state index >= 15 is 0 Å². The average Bonchev–Trinajstić information content (AvgIpc) is 2.88. The monoisotopic (exact) mass is 281 g/mol. The van der Waals surface area contributed by atoms with Crippen LogP contribution in [-0.2, 0) is 7.05 Å². The van der Waals surface area contributed by atoms with E-state index in [-0.39, 0.29) is 6.04 Å². The SMILES string of the molecule is Cc1ccc([C@@H](C)N(C)c2ncnc3c2cnn3C)cc1. The summed E-state index contributed by atoms with van der Waals surface area (Å²) in [5, 5.41) is 5.24. The largest absolute Gasteiger partial charge is 0.352 e. The molecule has 21 heavy (non-hydrogen) atoms. The molecule has 0 amide bonds. The number of aromatic nitrogens is 4. The summed E-state index contributed by atoms with van der Waals surface area (Å²) >= 11 is 0. The summed E-state index contributed by atoms with van der Waals surface area (Å²) in [4.78, 5) is 10.9. The minimum atomic E-state index is 0.226. The van der Waals surface area contributed by atoms with Crippen LogP contribution < -0.4 is 4.90 Å². The Balaban J connectivity index is 2.00. The number of nitrogens with zero attached hydrogens (tertiary/aromatic N) is 5. The van der Waals surface area contributed by atoms with E-state index in [2.05, 4.69) is 65.1 Å². The Hall–Kier alpha value is -2.43. The van der Waals surface area contributed by atoms with Crippen LogP contribution in [0.3, 0.4) is 0 Å². The molecule has 0 saturated heterocycles. The molecule has 0 aliphatic carbocycles. The van der Waals surface area contributed by atoms with Crippen LogP contribution in [0, 0.1) is 6.92 Å². The second kappa shape index (κ2) is 5.16. The zero-order chi connectivity index (χ0) is 15.0. The molecule has 3 rings (SSSR count). The van der Waals surface area contributed by atoms with E-state index in [0.29, 0.717) is 0 Å². The lowest BCUT2D eigenvalue weighted by molar-refractivity contribution is 0.730. The predicted molar refractivity (Wildman–Crippen MR) is 84.3 cm³/mol. The molecular weight excluding hydrogens is 262 g/mol. The molecule has 0 aliphatic rings. The molecule has 0 unspecified atom stereocenters. The van der Waals surface area contributed by atoms with Crippen LogP contribution in [-0.4, -0.2) is 26.8 Å². The van der Waals surface area contributed by atoms with Crippen molar-refractivity contribution >= 4 is 16.9 Å². The van der Waals surface area contributed by atoms with Crippen LogP contribution in [0.1, 0.15) is 24.1 Å². The summed E-state index contributed by atoms with van der Waals surface area (Å²) in [5.41, 5.74) is 3.38. The molecule has 5 nitrogen and oxygen atoms in total. The van der Waals surface area contributed by atoms with Crippen LogP contribution in [0.5, 0.6) is 0 Å². The Labute approximate surface area is 124 Å². The fraction of sp³-hybridized carbons (Fsp3) is 0.312. The van der Waals surface area contributed by atoms with Gasteiger partial charge in [0.2, 0.25) is 0 Å². The van der Waals surface area contributed by atoms with Crippen molar-refractivity contribution in [3.63, 3.8) is 0 Å². The van der Waals surface area contributed by atoms with Gasteiger partial charge in [0.15, 0.2) is 5.65 Å². The van der Waals surface area contributed by atoms with Gasteiger partial charge in [-0.25, -0.2) is 9.97 Å². The van der Waals surface area contributed by atoms with Crippen molar-refractivity contribution in [2.24, 2.45) is 7.05 Å². The van der Waals surface area contributed by atoms with Gasteiger partial charge in [0, 0.05) is 14.1 Å². The van der Waals surface area contributed by atoms with E-state index in [1.54, 1.807) is 11.0 Å². The van der Waals surface area contributed by atoms with Crippen LogP contribution in [0.15, 0.2) is 36.8 Å². The smallest absolute Gasteiger partial charge is 0.163 e. The molecule has 108 valence electrons. The summed E-state index contributed by atoms with van der Waals surface area (Å²) < 4.78 is 1.77. The fourth-order valence-electron chi connectivity index (χ4n) is 2.48. The van der Waals surface area contributed by atoms with Gasteiger partial charge in [-0.1, -0.05) is 29.8 Å². The van der Waals surface area contributed by atoms with Gasteiger partial charge >= 0.3 is 0 Å². The number of benzene rings is 1. The Morgan fingerprint density at radius 2 is 1.86 bits per heavy atom. The fourth-order valence-corrected chi connectivity index (χ4v) is 2.48. The number of hydrogen-bond acceptors (Lipinski definition) is 4. The third-order valence-corrected chi connectivity index (χ3v) is 3.98. The van der Waals surface area contributed by atoms with Gasteiger partial charge in [0.05, 0.1) is 17.6 Å². The van der Waals surface area contributed by atoms with Gasteiger partial charge in [-0.3, -0.25) is 4.68 Å². The predicted octanol–water partition coefficient (Wildman–Crippen LogP) is 2.87. The summed E-state index contributed by atoms with van der Waals surface area (Å²) in [6, 6.07) is 8.83. The molecule has 0 bridgehead atoms. The van der Waals surface area contributed by atoms with E-state index < -0.39 is 0 Å². The zero-order valence-electron chi connectivity index (χ0n) is 12.8. The second-order valence-corrected chi connectivity index (χ2v) is 5.40. The molecule has 2 heterocycles. The quantitative estimate of drug-likeness (QED) is 0.740. The summed E-state index contributed by atoms with van der Waals surface area (Å²) in [5.74, 6) is 0.904. The maximum atomic E-state index is 4.45. The number of hydrogen-bond donors (Lipinski definition) is 0. The Kier molecular flexibility index (Phi) is 3.33. The third-order valence-electron chi connectivity index (χ3n) is 3.98. The molecule has 0 saturated carbocycles. The first-order valence-corrected chi connectivity index (χ1v) is 7.00. The zero-order valence-corrected chi connectivity index (χ0v) is 12.8. The van der Waals surface area contributed by atoms with Crippen molar-refractivity contribution in [3.05, 3.63) is 47.9 Å². The van der Waals surface area contributed by atoms with E-state index in [1.807, 2.05) is 13.2 Å². The molecule has 0 spiro atoms. The van der Waals surface area contributed by atoms with Gasteiger partial charge in [0.1, 0.15) is 12.1 Å². The van der Waals surface area contributed by atoms with Gasteiger partial charge in [0.25, 0.3) is 0 Å². The van der Waals surface area contributed by atoms with E-state index in [1.165, 1.54) is 11.1 Å². The first-order valence-electron chi connectivity index (χ1n) is 7.00. The average molecular weight is 281 g/mol. The molecule has 0 radical (unpaired) electrons. The number of aryl methyl sites for hydroxylation is 2. The highest BCUT2D eigenvalue weighted by Crippen LogP contribution is 2.28. The summed E-state index contributed by atoms with van der Waals surface area (Å²) in [6.07, 6.45) is 3.42. The molecule has 0 fully saturated rings. The standard InChI is InChI=1S/C16H19N5/c1-11-5-7-13(8-6-11)12(2)20(3)15-14-9-19-21(4)16(14)18-10-17-15/h5-10,12H,1-4H3/t12-/m1/s1. The van der Waals surface area contributed by atoms with Gasteiger partial charge < -0.3 is 4.90 Å². The summed E-state index contributed by atoms with van der Waals surface area (Å²) in [7, 11) is 3.95. The van der Waals surface area contributed by atoms with Crippen LogP contribution in [0.2, 0.25) is 0 Å². The Morgan fingerprint density at radius 3 is 2.57 bits per heavy atom. The first kappa shape index (κ1) is 13.5. The number of rotatable bonds is 3. The third kappa shape index (κ3) is 2.35. The van der Waals surface area contributed by atoms with Crippen molar-refractivity contribution in [3.8, 4) is 0 Å². The minimum Gasteiger partial charge on any atom is -0.352 e. The van der Waals surface area contributed by atoms with Gasteiger partial charge in [-0.2, -0.15) is 5.10 Å². The topological polar surface area (TPSA) is 46.8 Å². The van der Waals surface area contributed by atoms with Crippen molar-refractivity contribution in [2.45, 2.75) is 19.9 Å². The molecule has 0 aliphatic heterocycles. The van der Waals surface area contributed by atoms with Gasteiger partial charge in [-0.15, -0.1) is 0 Å². The van der Waals surface area contributed by atoms with E-state index in [9.17, 15) is 0 Å². The van der Waals surface area contributed by atoms with Crippen molar-refractivity contribution in [1.82, 2.24) is 19.7 Å². The molecule has 3 aromatic rings. The van der Waals surface area contributed by atoms with Crippen LogP contribution in [0.4, 0.5) is 5.82 Å². The Bertz CT molecular complexity index is 760. The van der Waals surface area contributed by atoms with Crippen molar-refractivity contribution in [1.29, 1.82) is 0 Å². The maximum Gasteiger partial charge on any atom is 0.163 e. The molecule has 2 aromatic heterocycles. The first-order chi connectivity index (χ1) is 10.1. The highest BCUT2D eigenvalue weighted by molar-refractivity contribution is 5.86. The lowest BCUT2D eigenvalue weighted by Crippen LogP contribution is -2.23. The maximum absolute atomic E-state index is 4.45. The molecular formula is C16H19N5. The lowest BCUT2D eigenvalue weighted by Gasteiger charge is -2.26. The second-order valence-electron chi connectivity index (χ2n) is 5.40. The highest BCUT2D eigenvalue weighted by Gasteiger charge is 2.17. The molecule has 5 heteroatoms. The number of anilines is 1. The molecule has 1 aromatic carbocycles. The lowest BCUT2D eigenvalue weighted by atomic mass is 10.1. The summed E-state index contributed by atoms with van der Waals surface area (Å²) in [6.45, 7) is 4.27. The van der Waals surface area contributed by atoms with Crippen molar-refractivity contribution in [2.75, 3.05) is 11.9 Å². The normalized spacial score (nSPS) is 12.6.